The van der Waals surface area contributed by atoms with Gasteiger partial charge in [-0.1, -0.05) is 26.7 Å². The highest BCUT2D eigenvalue weighted by Gasteiger charge is 2.22. The quantitative estimate of drug-likeness (QED) is 0.374. The van der Waals surface area contributed by atoms with E-state index in [1.54, 1.807) is 0 Å². The van der Waals surface area contributed by atoms with E-state index in [0.29, 0.717) is 38.5 Å². The molecule has 136 valence electrons. The Morgan fingerprint density at radius 3 is 1.48 bits per heavy atom. The van der Waals surface area contributed by atoms with Crippen molar-refractivity contribution in [1.29, 1.82) is 0 Å². The zero-order valence-corrected chi connectivity index (χ0v) is 14.5. The maximum atomic E-state index is 11.6. The lowest BCUT2D eigenvalue weighted by Crippen LogP contribution is -2.28. The van der Waals surface area contributed by atoms with E-state index in [0.717, 1.165) is 12.8 Å². The normalized spacial score (nSPS) is 11.3. The van der Waals surface area contributed by atoms with Crippen LogP contribution in [-0.2, 0) is 19.1 Å². The van der Waals surface area contributed by atoms with Gasteiger partial charge in [0.05, 0.1) is 13.2 Å². The molecule has 0 aliphatic rings. The van der Waals surface area contributed by atoms with E-state index in [9.17, 15) is 9.59 Å². The summed E-state index contributed by atoms with van der Waals surface area (Å²) in [7, 11) is 0. The van der Waals surface area contributed by atoms with Gasteiger partial charge in [-0.3, -0.25) is 9.59 Å². The highest BCUT2D eigenvalue weighted by atomic mass is 16.5. The van der Waals surface area contributed by atoms with Crippen molar-refractivity contribution in [2.45, 2.75) is 65.2 Å². The summed E-state index contributed by atoms with van der Waals surface area (Å²) in [4.78, 5) is 23.2. The zero-order valence-electron chi connectivity index (χ0n) is 14.5. The molecule has 0 bridgehead atoms. The van der Waals surface area contributed by atoms with Crippen molar-refractivity contribution in [1.82, 2.24) is 0 Å². The minimum absolute atomic E-state index is 0.146. The lowest BCUT2D eigenvalue weighted by molar-refractivity contribution is -0.152. The third-order valence-corrected chi connectivity index (χ3v) is 3.33. The fraction of sp³-hybridized carbons (Fsp3) is 0.882. The second-order valence-electron chi connectivity index (χ2n) is 6.55. The first-order valence-electron chi connectivity index (χ1n) is 8.44. The third-order valence-electron chi connectivity index (χ3n) is 3.33. The topological polar surface area (TPSA) is 93.1 Å². The molecule has 0 radical (unpaired) electrons. The lowest BCUT2D eigenvalue weighted by Gasteiger charge is -2.23. The van der Waals surface area contributed by atoms with Crippen LogP contribution < -0.4 is 0 Å². The Balaban J connectivity index is 3.78. The van der Waals surface area contributed by atoms with Crippen molar-refractivity contribution < 1.29 is 29.3 Å². The summed E-state index contributed by atoms with van der Waals surface area (Å²) in [5.74, 6) is -0.516. The number of esters is 2. The Kier molecular flexibility index (Phi) is 12.7. The van der Waals surface area contributed by atoms with Gasteiger partial charge < -0.3 is 19.7 Å². The summed E-state index contributed by atoms with van der Waals surface area (Å²) in [5, 5.41) is 17.3. The number of ether oxygens (including phenoxy) is 2. The van der Waals surface area contributed by atoms with E-state index >= 15 is 0 Å². The van der Waals surface area contributed by atoms with E-state index in [2.05, 4.69) is 0 Å². The molecule has 0 aromatic heterocycles. The van der Waals surface area contributed by atoms with E-state index in [-0.39, 0.29) is 38.4 Å². The summed E-state index contributed by atoms with van der Waals surface area (Å²) < 4.78 is 10.4. The maximum Gasteiger partial charge on any atom is 0.305 e. The largest absolute Gasteiger partial charge is 0.465 e. The number of rotatable bonds is 14. The predicted molar refractivity (Wildman–Crippen MR) is 86.8 cm³/mol. The molecule has 0 spiro atoms. The monoisotopic (exact) mass is 332 g/mol. The fourth-order valence-corrected chi connectivity index (χ4v) is 1.85. The molecule has 0 rings (SSSR count). The van der Waals surface area contributed by atoms with E-state index in [1.807, 2.05) is 13.8 Å². The van der Waals surface area contributed by atoms with E-state index in [4.69, 9.17) is 19.7 Å². The molecular weight excluding hydrogens is 300 g/mol. The molecule has 0 aromatic carbocycles. The first kappa shape index (κ1) is 21.9. The van der Waals surface area contributed by atoms with Crippen molar-refractivity contribution in [2.75, 3.05) is 26.4 Å². The molecule has 2 N–H and O–H groups in total. The number of aliphatic hydroxyl groups is 2. The zero-order chi connectivity index (χ0) is 17.6. The van der Waals surface area contributed by atoms with Crippen LogP contribution in [0.2, 0.25) is 0 Å². The Labute approximate surface area is 139 Å². The van der Waals surface area contributed by atoms with Crippen molar-refractivity contribution in [3.63, 3.8) is 0 Å². The number of aliphatic hydroxyl groups excluding tert-OH is 2. The highest BCUT2D eigenvalue weighted by molar-refractivity contribution is 5.69. The van der Waals surface area contributed by atoms with Crippen molar-refractivity contribution in [2.24, 2.45) is 5.41 Å². The Morgan fingerprint density at radius 2 is 1.13 bits per heavy atom. The summed E-state index contributed by atoms with van der Waals surface area (Å²) >= 11 is 0. The van der Waals surface area contributed by atoms with E-state index in [1.165, 1.54) is 0 Å². The molecule has 0 aliphatic heterocycles. The van der Waals surface area contributed by atoms with Gasteiger partial charge in [-0.2, -0.15) is 0 Å². The minimum Gasteiger partial charge on any atom is -0.465 e. The number of hydrogen-bond acceptors (Lipinski definition) is 6. The number of carbonyl (C=O) groups excluding carboxylic acids is 2. The van der Waals surface area contributed by atoms with Gasteiger partial charge in [-0.25, -0.2) is 0 Å². The number of unbranched alkanes of at least 4 members (excludes halogenated alkanes) is 4. The van der Waals surface area contributed by atoms with Crippen LogP contribution in [0.25, 0.3) is 0 Å². The first-order chi connectivity index (χ1) is 10.9. The molecule has 0 saturated heterocycles. The lowest BCUT2D eigenvalue weighted by atomic mass is 9.96. The van der Waals surface area contributed by atoms with Crippen molar-refractivity contribution >= 4 is 11.9 Å². The summed E-state index contributed by atoms with van der Waals surface area (Å²) in [6.07, 6.45) is 5.14. The van der Waals surface area contributed by atoms with Crippen LogP contribution in [0.5, 0.6) is 0 Å². The molecule has 0 heterocycles. The molecule has 6 heteroatoms. The van der Waals surface area contributed by atoms with Crippen LogP contribution in [0.4, 0.5) is 0 Å². The number of hydrogen-bond donors (Lipinski definition) is 2. The number of carbonyl (C=O) groups is 2. The Bertz CT molecular complexity index is 297. The molecule has 0 atom stereocenters. The van der Waals surface area contributed by atoms with Gasteiger partial charge in [0.1, 0.15) is 0 Å². The molecule has 0 unspecified atom stereocenters. The molecule has 23 heavy (non-hydrogen) atoms. The molecule has 0 fully saturated rings. The van der Waals surface area contributed by atoms with Crippen molar-refractivity contribution in [3.8, 4) is 0 Å². The summed E-state index contributed by atoms with van der Waals surface area (Å²) in [5.41, 5.74) is -0.415. The average Bonchev–Trinajstić information content (AvgIpc) is 2.52. The van der Waals surface area contributed by atoms with Gasteiger partial charge in [0, 0.05) is 31.5 Å². The van der Waals surface area contributed by atoms with Crippen LogP contribution in [-0.4, -0.2) is 48.6 Å². The molecular formula is C17H32O6. The van der Waals surface area contributed by atoms with Gasteiger partial charge in [-0.05, 0) is 25.7 Å². The fourth-order valence-electron chi connectivity index (χ4n) is 1.85. The highest BCUT2D eigenvalue weighted by Crippen LogP contribution is 2.17. The predicted octanol–water partition coefficient (Wildman–Crippen LogP) is 2.20. The van der Waals surface area contributed by atoms with Gasteiger partial charge in [0.25, 0.3) is 0 Å². The summed E-state index contributed by atoms with van der Waals surface area (Å²) in [6, 6.07) is 0. The smallest absolute Gasteiger partial charge is 0.305 e. The second-order valence-corrected chi connectivity index (χ2v) is 6.55. The molecule has 6 nitrogen and oxygen atoms in total. The SMILES string of the molecule is CC(C)(COC(=O)CCCCCO)COC(=O)CCCCCO. The third kappa shape index (κ3) is 14.2. The van der Waals surface area contributed by atoms with Crippen LogP contribution in [0.3, 0.4) is 0 Å². The van der Waals surface area contributed by atoms with Crippen molar-refractivity contribution in [3.05, 3.63) is 0 Å². The Morgan fingerprint density at radius 1 is 0.739 bits per heavy atom. The van der Waals surface area contributed by atoms with Crippen LogP contribution in [0, 0.1) is 5.41 Å². The van der Waals surface area contributed by atoms with Crippen LogP contribution in [0.1, 0.15) is 65.2 Å². The maximum absolute atomic E-state index is 11.6. The van der Waals surface area contributed by atoms with Crippen LogP contribution in [0.15, 0.2) is 0 Å². The average molecular weight is 332 g/mol. The van der Waals surface area contributed by atoms with Gasteiger partial charge in [0.15, 0.2) is 0 Å². The standard InChI is InChI=1S/C17H32O6/c1-17(2,13-22-15(20)9-5-3-7-11-18)14-23-16(21)10-6-4-8-12-19/h18-19H,3-14H2,1-2H3. The molecule has 0 aromatic rings. The first-order valence-corrected chi connectivity index (χ1v) is 8.44. The molecule has 0 amide bonds. The van der Waals surface area contributed by atoms with Gasteiger partial charge >= 0.3 is 11.9 Å². The molecule has 0 saturated carbocycles. The van der Waals surface area contributed by atoms with E-state index < -0.39 is 5.41 Å². The summed E-state index contributed by atoms with van der Waals surface area (Å²) in [6.45, 7) is 4.48. The Hall–Kier alpha value is -1.14. The van der Waals surface area contributed by atoms with Gasteiger partial charge in [0.2, 0.25) is 0 Å². The second kappa shape index (κ2) is 13.3. The minimum atomic E-state index is -0.415. The molecule has 0 aliphatic carbocycles. The van der Waals surface area contributed by atoms with Crippen LogP contribution >= 0.6 is 0 Å². The van der Waals surface area contributed by atoms with Gasteiger partial charge in [-0.15, -0.1) is 0 Å².